The normalized spacial score (nSPS) is 18.6. The van der Waals surface area contributed by atoms with Gasteiger partial charge in [0.05, 0.1) is 32.7 Å². The van der Waals surface area contributed by atoms with Crippen molar-refractivity contribution in [2.45, 2.75) is 5.00 Å². The SMILES string of the molecule is O=S(=O)(O)C1(F)C(F)=C(F)C(F)=c2c1c1[nH]c2=NC2=NC(=Nc3[nH]c(c4c(F)c(F)c(F)c(F)c34)N=C3N=C(N1)c1c(F)c(F)c(F)c(F)c13)c1ccccc12. The van der Waals surface area contributed by atoms with E-state index in [4.69, 9.17) is 0 Å². The lowest BCUT2D eigenvalue weighted by Gasteiger charge is -2.24. The van der Waals surface area contributed by atoms with Crippen LogP contribution in [-0.4, -0.2) is 46.3 Å². The Bertz CT molecular complexity index is 3190. The molecule has 56 heavy (non-hydrogen) atoms. The highest BCUT2D eigenvalue weighted by Gasteiger charge is 2.58. The molecule has 1 aliphatic carbocycles. The zero-order valence-corrected chi connectivity index (χ0v) is 27.1. The van der Waals surface area contributed by atoms with E-state index >= 15 is 35.1 Å². The number of fused-ring (bicyclic) bond motifs is 18. The lowest BCUT2D eigenvalue weighted by atomic mass is 10.0. The number of aliphatic imine (C=N–C) groups is 4. The Labute approximate surface area is 299 Å². The average molecular weight is 813 g/mol. The van der Waals surface area contributed by atoms with Crippen LogP contribution in [0.5, 0.6) is 0 Å². The van der Waals surface area contributed by atoms with Crippen molar-refractivity contribution in [3.05, 3.63) is 121 Å². The van der Waals surface area contributed by atoms with Crippen molar-refractivity contribution >= 4 is 67.5 Å². The van der Waals surface area contributed by atoms with Crippen molar-refractivity contribution in [2.24, 2.45) is 25.0 Å². The molecule has 3 aromatic carbocycles. The maximum Gasteiger partial charge on any atom is 0.318 e. The molecule has 0 fully saturated rings. The van der Waals surface area contributed by atoms with Gasteiger partial charge in [-0.3, -0.25) is 4.55 Å². The first-order chi connectivity index (χ1) is 26.4. The van der Waals surface area contributed by atoms with Gasteiger partial charge in [-0.15, -0.1) is 0 Å². The molecule has 9 rings (SSSR count). The van der Waals surface area contributed by atoms with Gasteiger partial charge in [-0.1, -0.05) is 24.3 Å². The Balaban J connectivity index is 1.49. The molecule has 0 amide bonds. The van der Waals surface area contributed by atoms with Gasteiger partial charge >= 0.3 is 15.1 Å². The smallest absolute Gasteiger partial charge is 0.318 e. The second-order valence-electron chi connectivity index (χ2n) is 12.0. The van der Waals surface area contributed by atoms with Crippen molar-refractivity contribution in [1.29, 1.82) is 0 Å². The molecule has 3 aliphatic heterocycles. The molecule has 0 saturated carbocycles. The zero-order chi connectivity index (χ0) is 40.1. The average Bonchev–Trinajstić information content (AvgIpc) is 3.90. The maximum absolute atomic E-state index is 16.6. The Morgan fingerprint density at radius 3 is 1.68 bits per heavy atom. The topological polar surface area (TPSA) is 160 Å². The summed E-state index contributed by atoms with van der Waals surface area (Å²) in [6.07, 6.45) is 0. The molecule has 4 aliphatic rings. The molecule has 4 N–H and O–H groups in total. The maximum atomic E-state index is 16.6. The predicted molar refractivity (Wildman–Crippen MR) is 170 cm³/mol. The van der Waals surface area contributed by atoms with Crippen LogP contribution >= 0.6 is 0 Å². The van der Waals surface area contributed by atoms with Crippen LogP contribution in [-0.2, 0) is 15.1 Å². The summed E-state index contributed by atoms with van der Waals surface area (Å²) in [6.45, 7) is 0. The molecule has 11 nitrogen and oxygen atoms in total. The van der Waals surface area contributed by atoms with Crippen LogP contribution in [0.2, 0.25) is 0 Å². The fourth-order valence-corrected chi connectivity index (χ4v) is 7.31. The van der Waals surface area contributed by atoms with Gasteiger partial charge in [0.15, 0.2) is 81.5 Å². The van der Waals surface area contributed by atoms with E-state index in [1.807, 2.05) is 5.32 Å². The van der Waals surface area contributed by atoms with E-state index in [0.29, 0.717) is 0 Å². The molecule has 0 radical (unpaired) electrons. The number of benzene rings is 3. The zero-order valence-electron chi connectivity index (χ0n) is 26.3. The lowest BCUT2D eigenvalue weighted by molar-refractivity contribution is 0.238. The Kier molecular flexibility index (Phi) is 7.06. The van der Waals surface area contributed by atoms with Crippen LogP contribution in [0.25, 0.3) is 16.6 Å². The number of hydrogen-bond acceptors (Lipinski definition) is 8. The van der Waals surface area contributed by atoms with Gasteiger partial charge in [0.1, 0.15) is 28.8 Å². The summed E-state index contributed by atoms with van der Waals surface area (Å²) in [7, 11) is -6.54. The monoisotopic (exact) mass is 812 g/mol. The summed E-state index contributed by atoms with van der Waals surface area (Å²) in [4.78, 5) is 23.8. The van der Waals surface area contributed by atoms with Crippen LogP contribution < -0.4 is 16.0 Å². The Morgan fingerprint density at radius 2 is 1.11 bits per heavy atom. The van der Waals surface area contributed by atoms with Crippen molar-refractivity contribution in [3.8, 4) is 0 Å². The molecule has 8 bridgehead atoms. The minimum atomic E-state index is -6.54. The minimum Gasteiger partial charge on any atom is -0.325 e. The van der Waals surface area contributed by atoms with Gasteiger partial charge < -0.3 is 15.3 Å². The molecule has 0 spiro atoms. The number of nitrogens with zero attached hydrogens (tertiary/aromatic N) is 5. The fraction of sp³-hybridized carbons (Fsp3) is 0.0312. The third-order valence-electron chi connectivity index (χ3n) is 8.98. The third kappa shape index (κ3) is 4.35. The molecular weight excluding hydrogens is 804 g/mol. The summed E-state index contributed by atoms with van der Waals surface area (Å²) < 4.78 is 218. The summed E-state index contributed by atoms with van der Waals surface area (Å²) in [5.41, 5.74) is -6.01. The highest BCUT2D eigenvalue weighted by Crippen LogP contribution is 2.47. The van der Waals surface area contributed by atoms with Crippen molar-refractivity contribution < 1.29 is 65.7 Å². The quantitative estimate of drug-likeness (QED) is 0.0680. The van der Waals surface area contributed by atoms with E-state index in [0.717, 1.165) is 0 Å². The van der Waals surface area contributed by atoms with Crippen LogP contribution in [0.15, 0.2) is 60.9 Å². The number of anilines is 1. The number of amidine groups is 4. The Hall–Kier alpha value is -6.56. The highest BCUT2D eigenvalue weighted by molar-refractivity contribution is 7.86. The molecule has 5 heterocycles. The molecule has 1 unspecified atom stereocenters. The molecular formula is C32H8F12N8O3S. The number of aromatic amines is 2. The number of allylic oxidation sites excluding steroid dienone is 1. The van der Waals surface area contributed by atoms with Crippen molar-refractivity contribution in [1.82, 2.24) is 9.97 Å². The van der Waals surface area contributed by atoms with Crippen LogP contribution in [0.3, 0.4) is 0 Å². The van der Waals surface area contributed by atoms with E-state index < -0.39 is 158 Å². The predicted octanol–water partition coefficient (Wildman–Crippen LogP) is 6.28. The summed E-state index contributed by atoms with van der Waals surface area (Å²) >= 11 is 0. The largest absolute Gasteiger partial charge is 0.325 e. The summed E-state index contributed by atoms with van der Waals surface area (Å²) in [5, 5.41) is -7.07. The van der Waals surface area contributed by atoms with Gasteiger partial charge in [0.2, 0.25) is 0 Å². The highest BCUT2D eigenvalue weighted by atomic mass is 32.2. The Morgan fingerprint density at radius 1 is 0.589 bits per heavy atom. The molecule has 1 atom stereocenters. The lowest BCUT2D eigenvalue weighted by Crippen LogP contribution is -2.43. The van der Waals surface area contributed by atoms with Gasteiger partial charge in [-0.25, -0.2) is 77.6 Å². The van der Waals surface area contributed by atoms with Gasteiger partial charge in [0.25, 0.3) is 0 Å². The number of aromatic nitrogens is 2. The van der Waals surface area contributed by atoms with Gasteiger partial charge in [0, 0.05) is 11.1 Å². The van der Waals surface area contributed by atoms with Crippen LogP contribution in [0.4, 0.5) is 70.1 Å². The summed E-state index contributed by atoms with van der Waals surface area (Å²) in [6, 6.07) is 5.32. The van der Waals surface area contributed by atoms with E-state index in [1.165, 1.54) is 24.3 Å². The van der Waals surface area contributed by atoms with E-state index in [9.17, 15) is 30.5 Å². The first-order valence-corrected chi connectivity index (χ1v) is 16.5. The first-order valence-electron chi connectivity index (χ1n) is 15.1. The molecule has 284 valence electrons. The number of hydrogen-bond donors (Lipinski definition) is 4. The van der Waals surface area contributed by atoms with Crippen molar-refractivity contribution in [3.63, 3.8) is 0 Å². The standard InChI is InChI=1S/C32H8F12N8O3S/c33-13-7-8(14(34)19(39)18(13)38)27-48-26(7)46-24-5-3-1-2-4-6(5)25(45-24)47-30-11-12(32(44,56(53,54)55)23(43)22(42)17(11)37)31(52-30)51-29-10-9(28(49-27)50-29)15(35)20(40)21(41)16(10)36/h1-4,48H,(H,49,50,51)(H,53,54,55)(H,45,46,47,52). The number of H-pyrrole nitrogens is 2. The third-order valence-corrected chi connectivity index (χ3v) is 10.1. The fourth-order valence-electron chi connectivity index (χ4n) is 6.53. The number of halogens is 12. The number of rotatable bonds is 1. The molecule has 5 aromatic rings. The second-order valence-corrected chi connectivity index (χ2v) is 13.5. The number of alkyl halides is 1. The molecule has 2 aromatic heterocycles. The van der Waals surface area contributed by atoms with Gasteiger partial charge in [-0.05, 0) is 0 Å². The van der Waals surface area contributed by atoms with Gasteiger partial charge in [-0.2, -0.15) is 8.42 Å². The molecule has 24 heteroatoms. The van der Waals surface area contributed by atoms with E-state index in [-0.39, 0.29) is 11.1 Å². The van der Waals surface area contributed by atoms with Crippen LogP contribution in [0, 0.1) is 46.5 Å². The first kappa shape index (κ1) is 35.2. The van der Waals surface area contributed by atoms with E-state index in [2.05, 4.69) is 34.9 Å². The van der Waals surface area contributed by atoms with E-state index in [1.54, 1.807) is 0 Å². The van der Waals surface area contributed by atoms with Crippen molar-refractivity contribution in [2.75, 3.05) is 5.32 Å². The molecule has 0 saturated heterocycles. The van der Waals surface area contributed by atoms with Crippen LogP contribution in [0.1, 0.15) is 27.8 Å². The second kappa shape index (κ2) is 11.2. The summed E-state index contributed by atoms with van der Waals surface area (Å²) in [5.74, 6) is -33.8. The number of nitrogens with one attached hydrogen (secondary N) is 3. The minimum absolute atomic E-state index is 0.0404.